The maximum Gasteiger partial charge on any atom is 0.165 e. The monoisotopic (exact) mass is 212 g/mol. The van der Waals surface area contributed by atoms with Gasteiger partial charge in [0.2, 0.25) is 0 Å². The lowest BCUT2D eigenvalue weighted by molar-refractivity contribution is 0.108. The van der Waals surface area contributed by atoms with Gasteiger partial charge in [-0.05, 0) is 25.1 Å². The first-order chi connectivity index (χ1) is 7.27. The molecule has 1 rings (SSSR count). The maximum atomic E-state index is 13.2. The van der Waals surface area contributed by atoms with Crippen molar-refractivity contribution in [3.8, 4) is 5.75 Å². The molecule has 0 heterocycles. The third kappa shape index (κ3) is 3.67. The Morgan fingerprint density at radius 2 is 2.20 bits per heavy atom. The van der Waals surface area contributed by atoms with Gasteiger partial charge < -0.3 is 9.47 Å². The second-order valence-corrected chi connectivity index (χ2v) is 2.85. The number of rotatable bonds is 6. The summed E-state index contributed by atoms with van der Waals surface area (Å²) >= 11 is 0. The quantitative estimate of drug-likeness (QED) is 0.534. The van der Waals surface area contributed by atoms with Gasteiger partial charge in [0.15, 0.2) is 11.6 Å². The minimum Gasteiger partial charge on any atom is -0.488 e. The Labute approximate surface area is 87.8 Å². The van der Waals surface area contributed by atoms with E-state index in [9.17, 15) is 9.18 Å². The van der Waals surface area contributed by atoms with Crippen LogP contribution in [0.15, 0.2) is 18.2 Å². The van der Waals surface area contributed by atoms with E-state index in [2.05, 4.69) is 0 Å². The summed E-state index contributed by atoms with van der Waals surface area (Å²) in [5.41, 5.74) is 0.296. The van der Waals surface area contributed by atoms with E-state index in [0.717, 1.165) is 6.07 Å². The molecule has 0 bridgehead atoms. The molecule has 15 heavy (non-hydrogen) atoms. The van der Waals surface area contributed by atoms with Crippen molar-refractivity contribution >= 4 is 6.29 Å². The number of aldehydes is 1. The summed E-state index contributed by atoms with van der Waals surface area (Å²) in [4.78, 5) is 10.3. The molecule has 0 fully saturated rings. The van der Waals surface area contributed by atoms with Crippen LogP contribution >= 0.6 is 0 Å². The normalized spacial score (nSPS) is 10.0. The lowest BCUT2D eigenvalue weighted by atomic mass is 10.2. The standard InChI is InChI=1S/C11H13FO3/c1-2-14-5-6-15-11-4-3-9(8-13)7-10(11)12/h3-4,7-8H,2,5-6H2,1H3. The van der Waals surface area contributed by atoms with Crippen molar-refractivity contribution in [2.75, 3.05) is 19.8 Å². The first kappa shape index (κ1) is 11.7. The molecule has 0 aromatic heterocycles. The van der Waals surface area contributed by atoms with Gasteiger partial charge in [-0.15, -0.1) is 0 Å². The molecule has 0 N–H and O–H groups in total. The fourth-order valence-corrected chi connectivity index (χ4v) is 1.06. The second kappa shape index (κ2) is 6.14. The van der Waals surface area contributed by atoms with Crippen LogP contribution in [0.2, 0.25) is 0 Å². The number of hydrogen-bond donors (Lipinski definition) is 0. The molecule has 4 heteroatoms. The molecule has 1 aromatic rings. The summed E-state index contributed by atoms with van der Waals surface area (Å²) in [6.07, 6.45) is 0.590. The van der Waals surface area contributed by atoms with Crippen molar-refractivity contribution in [1.29, 1.82) is 0 Å². The Bertz CT molecular complexity index is 326. The summed E-state index contributed by atoms with van der Waals surface area (Å²) in [5, 5.41) is 0. The topological polar surface area (TPSA) is 35.5 Å². The van der Waals surface area contributed by atoms with E-state index >= 15 is 0 Å². The summed E-state index contributed by atoms with van der Waals surface area (Å²) in [7, 11) is 0. The molecule has 0 spiro atoms. The summed E-state index contributed by atoms with van der Waals surface area (Å²) in [5.74, 6) is -0.392. The smallest absolute Gasteiger partial charge is 0.165 e. The number of halogens is 1. The summed E-state index contributed by atoms with van der Waals surface area (Å²) < 4.78 is 23.4. The Morgan fingerprint density at radius 3 is 2.80 bits per heavy atom. The molecule has 0 aliphatic rings. The summed E-state index contributed by atoms with van der Waals surface area (Å²) in [6, 6.07) is 4.08. The van der Waals surface area contributed by atoms with Crippen LogP contribution in [0.1, 0.15) is 17.3 Å². The molecule has 0 radical (unpaired) electrons. The molecule has 0 saturated heterocycles. The summed E-state index contributed by atoms with van der Waals surface area (Å²) in [6.45, 7) is 3.20. The minimum atomic E-state index is -0.531. The molecule has 82 valence electrons. The fraction of sp³-hybridized carbons (Fsp3) is 0.364. The number of carbonyl (C=O) groups excluding carboxylic acids is 1. The molecule has 0 unspecified atom stereocenters. The maximum absolute atomic E-state index is 13.2. The van der Waals surface area contributed by atoms with Gasteiger partial charge in [-0.2, -0.15) is 0 Å². The van der Waals surface area contributed by atoms with Crippen LogP contribution in [0.5, 0.6) is 5.75 Å². The largest absolute Gasteiger partial charge is 0.488 e. The van der Waals surface area contributed by atoms with Crippen LogP contribution < -0.4 is 4.74 Å². The van der Waals surface area contributed by atoms with Gasteiger partial charge in [0.25, 0.3) is 0 Å². The SMILES string of the molecule is CCOCCOc1ccc(C=O)cc1F. The zero-order chi connectivity index (χ0) is 11.1. The van der Waals surface area contributed by atoms with Gasteiger partial charge in [0.05, 0.1) is 6.61 Å². The van der Waals surface area contributed by atoms with E-state index in [4.69, 9.17) is 9.47 Å². The van der Waals surface area contributed by atoms with E-state index in [1.807, 2.05) is 6.92 Å². The van der Waals surface area contributed by atoms with Crippen LogP contribution in [-0.4, -0.2) is 26.1 Å². The Kier molecular flexibility index (Phi) is 4.77. The highest BCUT2D eigenvalue weighted by Gasteiger charge is 2.03. The van der Waals surface area contributed by atoms with E-state index in [1.165, 1.54) is 12.1 Å². The minimum absolute atomic E-state index is 0.139. The molecular weight excluding hydrogens is 199 g/mol. The molecule has 0 atom stereocenters. The molecule has 0 amide bonds. The average molecular weight is 212 g/mol. The predicted molar refractivity (Wildman–Crippen MR) is 53.8 cm³/mol. The third-order valence-corrected chi connectivity index (χ3v) is 1.78. The van der Waals surface area contributed by atoms with Crippen molar-refractivity contribution < 1.29 is 18.7 Å². The van der Waals surface area contributed by atoms with Crippen LogP contribution in [-0.2, 0) is 4.74 Å². The predicted octanol–water partition coefficient (Wildman–Crippen LogP) is 2.05. The Hall–Kier alpha value is -1.42. The molecule has 0 saturated carbocycles. The third-order valence-electron chi connectivity index (χ3n) is 1.78. The number of carbonyl (C=O) groups is 1. The lowest BCUT2D eigenvalue weighted by Gasteiger charge is -2.07. The zero-order valence-electron chi connectivity index (χ0n) is 8.53. The van der Waals surface area contributed by atoms with Crippen molar-refractivity contribution in [2.24, 2.45) is 0 Å². The number of ether oxygens (including phenoxy) is 2. The second-order valence-electron chi connectivity index (χ2n) is 2.85. The van der Waals surface area contributed by atoms with Crippen molar-refractivity contribution in [3.63, 3.8) is 0 Å². The van der Waals surface area contributed by atoms with Crippen molar-refractivity contribution in [2.45, 2.75) is 6.92 Å². The van der Waals surface area contributed by atoms with Gasteiger partial charge in [0, 0.05) is 12.2 Å². The Morgan fingerprint density at radius 1 is 1.40 bits per heavy atom. The first-order valence-electron chi connectivity index (χ1n) is 4.73. The highest BCUT2D eigenvalue weighted by atomic mass is 19.1. The van der Waals surface area contributed by atoms with Crippen LogP contribution in [0.3, 0.4) is 0 Å². The fourth-order valence-electron chi connectivity index (χ4n) is 1.06. The molecule has 0 aliphatic heterocycles. The van der Waals surface area contributed by atoms with E-state index in [1.54, 1.807) is 0 Å². The van der Waals surface area contributed by atoms with Gasteiger partial charge in [-0.25, -0.2) is 4.39 Å². The van der Waals surface area contributed by atoms with Gasteiger partial charge in [-0.3, -0.25) is 4.79 Å². The molecular formula is C11H13FO3. The van der Waals surface area contributed by atoms with Crippen LogP contribution in [0.4, 0.5) is 4.39 Å². The molecule has 0 aliphatic carbocycles. The highest BCUT2D eigenvalue weighted by molar-refractivity contribution is 5.74. The van der Waals surface area contributed by atoms with Gasteiger partial charge in [-0.1, -0.05) is 0 Å². The van der Waals surface area contributed by atoms with Gasteiger partial charge >= 0.3 is 0 Å². The van der Waals surface area contributed by atoms with Crippen molar-refractivity contribution in [3.05, 3.63) is 29.6 Å². The van der Waals surface area contributed by atoms with E-state index in [-0.39, 0.29) is 5.75 Å². The Balaban J connectivity index is 2.50. The molecule has 1 aromatic carbocycles. The first-order valence-corrected chi connectivity index (χ1v) is 4.73. The number of benzene rings is 1. The molecule has 3 nitrogen and oxygen atoms in total. The zero-order valence-corrected chi connectivity index (χ0v) is 8.53. The van der Waals surface area contributed by atoms with E-state index in [0.29, 0.717) is 31.7 Å². The average Bonchev–Trinajstić information content (AvgIpc) is 2.26. The van der Waals surface area contributed by atoms with E-state index < -0.39 is 5.82 Å². The lowest BCUT2D eigenvalue weighted by Crippen LogP contribution is -2.07. The van der Waals surface area contributed by atoms with Crippen LogP contribution in [0, 0.1) is 5.82 Å². The van der Waals surface area contributed by atoms with Crippen molar-refractivity contribution in [1.82, 2.24) is 0 Å². The number of hydrogen-bond acceptors (Lipinski definition) is 3. The highest BCUT2D eigenvalue weighted by Crippen LogP contribution is 2.17. The van der Waals surface area contributed by atoms with Gasteiger partial charge in [0.1, 0.15) is 12.9 Å². The van der Waals surface area contributed by atoms with Crippen LogP contribution in [0.25, 0.3) is 0 Å².